The largest absolute Gasteiger partial charge is 0.381 e. The van der Waals surface area contributed by atoms with E-state index in [1.807, 2.05) is 0 Å². The summed E-state index contributed by atoms with van der Waals surface area (Å²) < 4.78 is 5.00. The molecule has 1 rings (SSSR count). The molecule has 0 aromatic carbocycles. The van der Waals surface area contributed by atoms with Crippen molar-refractivity contribution in [2.24, 2.45) is 0 Å². The molecule has 9 heavy (non-hydrogen) atoms. The van der Waals surface area contributed by atoms with Crippen LogP contribution < -0.4 is 5.56 Å². The summed E-state index contributed by atoms with van der Waals surface area (Å²) in [6.45, 7) is 0. The molecule has 0 radical (unpaired) electrons. The standard InChI is InChI=1S/C4H3BrClNO2/c5-3-2(1-6)9-7-4(3)8/h1H2,(H,7,8). The first-order valence-electron chi connectivity index (χ1n) is 2.17. The molecule has 0 amide bonds. The molecule has 3 nitrogen and oxygen atoms in total. The number of hydrogen-bond acceptors (Lipinski definition) is 2. The van der Waals surface area contributed by atoms with E-state index in [-0.39, 0.29) is 11.4 Å². The molecular weight excluding hydrogens is 209 g/mol. The van der Waals surface area contributed by atoms with E-state index in [0.29, 0.717) is 10.2 Å². The molecule has 0 aliphatic rings. The summed E-state index contributed by atoms with van der Waals surface area (Å²) in [5.74, 6) is 0.626. The maximum atomic E-state index is 10.5. The Morgan fingerprint density at radius 1 is 1.78 bits per heavy atom. The molecule has 0 spiro atoms. The van der Waals surface area contributed by atoms with Crippen molar-refractivity contribution in [1.82, 2.24) is 5.16 Å². The lowest BCUT2D eigenvalue weighted by atomic mass is 10.5. The van der Waals surface area contributed by atoms with Crippen molar-refractivity contribution in [2.45, 2.75) is 5.88 Å². The molecule has 0 atom stereocenters. The van der Waals surface area contributed by atoms with E-state index in [0.717, 1.165) is 0 Å². The number of alkyl halides is 1. The first kappa shape index (κ1) is 6.89. The Kier molecular flexibility index (Phi) is 1.97. The maximum Gasteiger partial charge on any atom is 0.294 e. The molecule has 0 saturated carbocycles. The van der Waals surface area contributed by atoms with Gasteiger partial charge in [-0.05, 0) is 15.9 Å². The molecule has 5 heteroatoms. The molecule has 1 heterocycles. The van der Waals surface area contributed by atoms with Gasteiger partial charge in [-0.1, -0.05) is 0 Å². The van der Waals surface area contributed by atoms with Crippen molar-refractivity contribution in [3.8, 4) is 0 Å². The minimum absolute atomic E-state index is 0.194. The van der Waals surface area contributed by atoms with Gasteiger partial charge in [-0.3, -0.25) is 4.79 Å². The summed E-state index contributed by atoms with van der Waals surface area (Å²) in [5, 5.41) is 2.13. The average molecular weight is 212 g/mol. The van der Waals surface area contributed by atoms with Gasteiger partial charge in [0.05, 0.1) is 5.88 Å². The Morgan fingerprint density at radius 3 is 2.67 bits per heavy atom. The van der Waals surface area contributed by atoms with Gasteiger partial charge in [-0.25, -0.2) is 0 Å². The fourth-order valence-corrected chi connectivity index (χ4v) is 1.06. The quantitative estimate of drug-likeness (QED) is 0.717. The van der Waals surface area contributed by atoms with Crippen LogP contribution in [0.2, 0.25) is 0 Å². The number of hydrogen-bond donors (Lipinski definition) is 1. The third-order valence-corrected chi connectivity index (χ3v) is 1.88. The minimum atomic E-state index is -0.286. The lowest BCUT2D eigenvalue weighted by Gasteiger charge is -1.80. The number of nitrogens with one attached hydrogen (secondary N) is 1. The van der Waals surface area contributed by atoms with E-state index < -0.39 is 0 Å². The molecule has 0 unspecified atom stereocenters. The van der Waals surface area contributed by atoms with E-state index >= 15 is 0 Å². The van der Waals surface area contributed by atoms with Crippen LogP contribution in [0.4, 0.5) is 0 Å². The van der Waals surface area contributed by atoms with E-state index in [4.69, 9.17) is 11.6 Å². The van der Waals surface area contributed by atoms with Crippen molar-refractivity contribution in [2.75, 3.05) is 0 Å². The molecule has 0 fully saturated rings. The molecule has 50 valence electrons. The van der Waals surface area contributed by atoms with Crippen LogP contribution >= 0.6 is 27.5 Å². The Morgan fingerprint density at radius 2 is 2.44 bits per heavy atom. The van der Waals surface area contributed by atoms with Gasteiger partial charge in [0.25, 0.3) is 5.56 Å². The number of H-pyrrole nitrogens is 1. The van der Waals surface area contributed by atoms with Crippen LogP contribution in [-0.2, 0) is 5.88 Å². The first-order chi connectivity index (χ1) is 4.25. The van der Waals surface area contributed by atoms with Gasteiger partial charge >= 0.3 is 0 Å². The van der Waals surface area contributed by atoms with Gasteiger partial charge in [0, 0.05) is 0 Å². The van der Waals surface area contributed by atoms with Crippen LogP contribution in [0.3, 0.4) is 0 Å². The molecule has 1 N–H and O–H groups in total. The molecular formula is C4H3BrClNO2. The van der Waals surface area contributed by atoms with E-state index in [1.165, 1.54) is 0 Å². The lowest BCUT2D eigenvalue weighted by molar-refractivity contribution is 0.388. The van der Waals surface area contributed by atoms with Crippen molar-refractivity contribution in [3.05, 3.63) is 20.6 Å². The zero-order valence-electron chi connectivity index (χ0n) is 4.28. The minimum Gasteiger partial charge on any atom is -0.381 e. The smallest absolute Gasteiger partial charge is 0.294 e. The van der Waals surface area contributed by atoms with Crippen molar-refractivity contribution in [3.63, 3.8) is 0 Å². The zero-order valence-corrected chi connectivity index (χ0v) is 6.62. The summed E-state index contributed by atoms with van der Waals surface area (Å²) in [6.07, 6.45) is 0. The highest BCUT2D eigenvalue weighted by Crippen LogP contribution is 2.12. The lowest BCUT2D eigenvalue weighted by Crippen LogP contribution is -1.97. The highest BCUT2D eigenvalue weighted by Gasteiger charge is 2.06. The van der Waals surface area contributed by atoms with Gasteiger partial charge in [0.1, 0.15) is 4.47 Å². The molecule has 0 aliphatic heterocycles. The summed E-state index contributed by atoms with van der Waals surface area (Å²) in [5.41, 5.74) is -0.286. The molecule has 1 aromatic rings. The van der Waals surface area contributed by atoms with Crippen LogP contribution in [0, 0.1) is 0 Å². The fourth-order valence-electron chi connectivity index (χ4n) is 0.410. The zero-order chi connectivity index (χ0) is 6.85. The van der Waals surface area contributed by atoms with Crippen molar-refractivity contribution >= 4 is 27.5 Å². The van der Waals surface area contributed by atoms with Crippen LogP contribution in [0.5, 0.6) is 0 Å². The SMILES string of the molecule is O=c1[nH]oc(CCl)c1Br. The average Bonchev–Trinajstić information content (AvgIpc) is 2.15. The Balaban J connectivity index is 3.20. The van der Waals surface area contributed by atoms with Crippen LogP contribution in [-0.4, -0.2) is 5.16 Å². The normalized spacial score (nSPS) is 10.0. The second-order valence-corrected chi connectivity index (χ2v) is 2.46. The monoisotopic (exact) mass is 211 g/mol. The number of aromatic amines is 1. The summed E-state index contributed by atoms with van der Waals surface area (Å²) in [4.78, 5) is 10.5. The van der Waals surface area contributed by atoms with Gasteiger partial charge < -0.3 is 4.52 Å². The Bertz CT molecular complexity index is 253. The predicted molar refractivity (Wildman–Crippen MR) is 36.6 cm³/mol. The van der Waals surface area contributed by atoms with Gasteiger partial charge in [0.15, 0.2) is 5.76 Å². The van der Waals surface area contributed by atoms with Gasteiger partial charge in [-0.15, -0.1) is 11.6 Å². The first-order valence-corrected chi connectivity index (χ1v) is 3.50. The van der Waals surface area contributed by atoms with Crippen molar-refractivity contribution in [1.29, 1.82) is 0 Å². The second kappa shape index (κ2) is 2.58. The summed E-state index contributed by atoms with van der Waals surface area (Å²) >= 11 is 8.35. The predicted octanol–water partition coefficient (Wildman–Crippen LogP) is 1.47. The summed E-state index contributed by atoms with van der Waals surface area (Å²) in [7, 11) is 0. The highest BCUT2D eigenvalue weighted by molar-refractivity contribution is 9.10. The topological polar surface area (TPSA) is 46.0 Å². The van der Waals surface area contributed by atoms with Gasteiger partial charge in [-0.2, -0.15) is 5.16 Å². The molecule has 1 aromatic heterocycles. The maximum absolute atomic E-state index is 10.5. The second-order valence-electron chi connectivity index (χ2n) is 1.40. The third-order valence-electron chi connectivity index (χ3n) is 0.832. The molecule has 0 aliphatic carbocycles. The van der Waals surface area contributed by atoms with Crippen LogP contribution in [0.1, 0.15) is 5.76 Å². The highest BCUT2D eigenvalue weighted by atomic mass is 79.9. The molecule has 0 bridgehead atoms. The van der Waals surface area contributed by atoms with E-state index in [9.17, 15) is 4.79 Å². The molecule has 0 saturated heterocycles. The number of rotatable bonds is 1. The van der Waals surface area contributed by atoms with E-state index in [2.05, 4.69) is 25.6 Å². The third kappa shape index (κ3) is 1.19. The Labute approximate surface area is 64.1 Å². The van der Waals surface area contributed by atoms with Gasteiger partial charge in [0.2, 0.25) is 0 Å². The number of halogens is 2. The number of aromatic nitrogens is 1. The van der Waals surface area contributed by atoms with E-state index in [1.54, 1.807) is 0 Å². The van der Waals surface area contributed by atoms with Crippen molar-refractivity contribution < 1.29 is 4.52 Å². The Hall–Kier alpha value is -0.220. The summed E-state index contributed by atoms with van der Waals surface area (Å²) in [6, 6.07) is 0. The van der Waals surface area contributed by atoms with Crippen LogP contribution in [0.25, 0.3) is 0 Å². The van der Waals surface area contributed by atoms with Crippen LogP contribution in [0.15, 0.2) is 13.8 Å². The fraction of sp³-hybridized carbons (Fsp3) is 0.250.